The van der Waals surface area contributed by atoms with Crippen LogP contribution in [-0.2, 0) is 11.2 Å². The van der Waals surface area contributed by atoms with Crippen LogP contribution in [0.4, 0.5) is 5.69 Å². The van der Waals surface area contributed by atoms with Gasteiger partial charge in [-0.15, -0.1) is 0 Å². The highest BCUT2D eigenvalue weighted by molar-refractivity contribution is 5.78. The summed E-state index contributed by atoms with van der Waals surface area (Å²) in [7, 11) is 0. The van der Waals surface area contributed by atoms with Crippen LogP contribution in [0, 0.1) is 0 Å². The van der Waals surface area contributed by atoms with Crippen molar-refractivity contribution in [3.8, 4) is 0 Å². The molecule has 0 aromatic heterocycles. The Balaban J connectivity index is 2.57. The molecule has 0 aliphatic carbocycles. The number of benzene rings is 1. The third-order valence-corrected chi connectivity index (χ3v) is 3.02. The number of anilines is 1. The van der Waals surface area contributed by atoms with Gasteiger partial charge >= 0.3 is 0 Å². The summed E-state index contributed by atoms with van der Waals surface area (Å²) >= 11 is 0. The van der Waals surface area contributed by atoms with Gasteiger partial charge in [-0.05, 0) is 25.0 Å². The van der Waals surface area contributed by atoms with E-state index in [0.717, 1.165) is 17.7 Å². The minimum atomic E-state index is -0.289. The highest BCUT2D eigenvalue weighted by atomic mass is 16.1. The number of hydrogen-bond donors (Lipinski definition) is 2. The Bertz CT molecular complexity index is 377. The van der Waals surface area contributed by atoms with Crippen molar-refractivity contribution in [3.05, 3.63) is 29.8 Å². The van der Waals surface area contributed by atoms with E-state index in [0.29, 0.717) is 12.5 Å². The zero-order chi connectivity index (χ0) is 13.4. The van der Waals surface area contributed by atoms with Gasteiger partial charge in [-0.2, -0.15) is 0 Å². The second kappa shape index (κ2) is 7.75. The molecule has 1 atom stereocenters. The lowest BCUT2D eigenvalue weighted by atomic mass is 10.1. The Hall–Kier alpha value is -1.51. The van der Waals surface area contributed by atoms with Gasteiger partial charge in [-0.25, -0.2) is 0 Å². The lowest BCUT2D eigenvalue weighted by Gasteiger charge is -2.17. The normalized spacial score (nSPS) is 12.1. The first-order chi connectivity index (χ1) is 8.63. The number of rotatable bonds is 8. The summed E-state index contributed by atoms with van der Waals surface area (Å²) in [6.45, 7) is 4.39. The summed E-state index contributed by atoms with van der Waals surface area (Å²) in [6.07, 6.45) is 5.20. The van der Waals surface area contributed by atoms with Gasteiger partial charge in [0.2, 0.25) is 5.91 Å². The van der Waals surface area contributed by atoms with E-state index in [1.54, 1.807) is 0 Å². The molecule has 3 heteroatoms. The van der Waals surface area contributed by atoms with Gasteiger partial charge in [0.15, 0.2) is 0 Å². The molecule has 1 aromatic carbocycles. The average molecular weight is 248 g/mol. The molecule has 0 fully saturated rings. The molecule has 0 bridgehead atoms. The first kappa shape index (κ1) is 14.6. The summed E-state index contributed by atoms with van der Waals surface area (Å²) in [5.74, 6) is -0.289. The van der Waals surface area contributed by atoms with Crippen molar-refractivity contribution in [2.45, 2.75) is 52.0 Å². The molecule has 0 aliphatic rings. The van der Waals surface area contributed by atoms with Gasteiger partial charge in [0, 0.05) is 11.7 Å². The van der Waals surface area contributed by atoms with E-state index in [1.165, 1.54) is 19.3 Å². The van der Waals surface area contributed by atoms with E-state index in [1.807, 2.05) is 24.3 Å². The lowest BCUT2D eigenvalue weighted by molar-refractivity contribution is -0.117. The summed E-state index contributed by atoms with van der Waals surface area (Å²) in [6, 6.07) is 8.29. The highest BCUT2D eigenvalue weighted by Gasteiger charge is 2.07. The molecule has 1 aromatic rings. The Labute approximate surface area is 110 Å². The number of carbonyl (C=O) groups excluding carboxylic acids is 1. The molecule has 3 N–H and O–H groups in total. The average Bonchev–Trinajstić information content (AvgIpc) is 2.31. The number of hydrogen-bond acceptors (Lipinski definition) is 2. The van der Waals surface area contributed by atoms with Crippen LogP contribution < -0.4 is 11.1 Å². The Morgan fingerprint density at radius 3 is 2.72 bits per heavy atom. The number of para-hydroxylation sites is 1. The summed E-state index contributed by atoms with van der Waals surface area (Å²) < 4.78 is 0. The molecule has 1 unspecified atom stereocenters. The van der Waals surface area contributed by atoms with Crippen molar-refractivity contribution in [3.63, 3.8) is 0 Å². The van der Waals surface area contributed by atoms with Gasteiger partial charge in [-0.3, -0.25) is 4.79 Å². The first-order valence-corrected chi connectivity index (χ1v) is 6.76. The largest absolute Gasteiger partial charge is 0.382 e. The fraction of sp³-hybridized carbons (Fsp3) is 0.533. The fourth-order valence-electron chi connectivity index (χ4n) is 2.04. The van der Waals surface area contributed by atoms with E-state index in [-0.39, 0.29) is 5.91 Å². The molecule has 0 saturated carbocycles. The highest BCUT2D eigenvalue weighted by Crippen LogP contribution is 2.18. The monoisotopic (exact) mass is 248 g/mol. The number of carbonyl (C=O) groups is 1. The Morgan fingerprint density at radius 1 is 1.33 bits per heavy atom. The number of amides is 1. The third-order valence-electron chi connectivity index (χ3n) is 3.02. The van der Waals surface area contributed by atoms with Gasteiger partial charge in [0.25, 0.3) is 0 Å². The van der Waals surface area contributed by atoms with Crippen molar-refractivity contribution in [2.24, 2.45) is 5.73 Å². The second-order valence-corrected chi connectivity index (χ2v) is 4.84. The maximum Gasteiger partial charge on any atom is 0.221 e. The second-order valence-electron chi connectivity index (χ2n) is 4.84. The van der Waals surface area contributed by atoms with Crippen LogP contribution >= 0.6 is 0 Å². The van der Waals surface area contributed by atoms with E-state index in [4.69, 9.17) is 5.73 Å². The van der Waals surface area contributed by atoms with Crippen LogP contribution in [0.1, 0.15) is 45.1 Å². The molecule has 3 nitrogen and oxygen atoms in total. The number of primary amides is 1. The fourth-order valence-corrected chi connectivity index (χ4v) is 2.04. The molecule has 0 saturated heterocycles. The molecule has 0 heterocycles. The molecule has 1 rings (SSSR count). The Morgan fingerprint density at radius 2 is 2.06 bits per heavy atom. The maximum absolute atomic E-state index is 11.0. The van der Waals surface area contributed by atoms with Gasteiger partial charge in [-0.1, -0.05) is 44.4 Å². The van der Waals surface area contributed by atoms with Crippen LogP contribution in [0.5, 0.6) is 0 Å². The minimum Gasteiger partial charge on any atom is -0.382 e. The third kappa shape index (κ3) is 5.21. The molecule has 0 radical (unpaired) electrons. The SMILES string of the molecule is CCCCCC(C)Nc1ccccc1CC(N)=O. The van der Waals surface area contributed by atoms with Crippen molar-refractivity contribution in [1.29, 1.82) is 0 Å². The van der Waals surface area contributed by atoms with Crippen molar-refractivity contribution < 1.29 is 4.79 Å². The topological polar surface area (TPSA) is 55.1 Å². The predicted molar refractivity (Wildman–Crippen MR) is 76.6 cm³/mol. The minimum absolute atomic E-state index is 0.289. The summed E-state index contributed by atoms with van der Waals surface area (Å²) in [5, 5.41) is 3.47. The smallest absolute Gasteiger partial charge is 0.221 e. The van der Waals surface area contributed by atoms with Gasteiger partial charge in [0.1, 0.15) is 0 Å². The molecule has 18 heavy (non-hydrogen) atoms. The van der Waals surface area contributed by atoms with Crippen molar-refractivity contribution >= 4 is 11.6 Å². The predicted octanol–water partition coefficient (Wildman–Crippen LogP) is 3.10. The van der Waals surface area contributed by atoms with Crippen molar-refractivity contribution in [2.75, 3.05) is 5.32 Å². The number of unbranched alkanes of at least 4 members (excludes halogenated alkanes) is 2. The van der Waals surface area contributed by atoms with Crippen LogP contribution in [0.25, 0.3) is 0 Å². The van der Waals surface area contributed by atoms with Gasteiger partial charge in [0.05, 0.1) is 6.42 Å². The van der Waals surface area contributed by atoms with E-state index in [2.05, 4.69) is 19.2 Å². The summed E-state index contributed by atoms with van der Waals surface area (Å²) in [5.41, 5.74) is 7.26. The van der Waals surface area contributed by atoms with E-state index >= 15 is 0 Å². The van der Waals surface area contributed by atoms with E-state index < -0.39 is 0 Å². The maximum atomic E-state index is 11.0. The standard InChI is InChI=1S/C15H24N2O/c1-3-4-5-8-12(2)17-14-10-7-6-9-13(14)11-15(16)18/h6-7,9-10,12,17H,3-5,8,11H2,1-2H3,(H2,16,18). The molecule has 0 spiro atoms. The molecule has 0 aliphatic heterocycles. The first-order valence-electron chi connectivity index (χ1n) is 6.76. The van der Waals surface area contributed by atoms with Crippen LogP contribution in [0.2, 0.25) is 0 Å². The quantitative estimate of drug-likeness (QED) is 0.695. The molecular formula is C15H24N2O. The molecule has 100 valence electrons. The zero-order valence-corrected chi connectivity index (χ0v) is 11.4. The van der Waals surface area contributed by atoms with Crippen LogP contribution in [0.3, 0.4) is 0 Å². The summed E-state index contributed by atoms with van der Waals surface area (Å²) in [4.78, 5) is 11.0. The number of nitrogens with one attached hydrogen (secondary N) is 1. The lowest BCUT2D eigenvalue weighted by Crippen LogP contribution is -2.19. The number of nitrogens with two attached hydrogens (primary N) is 1. The van der Waals surface area contributed by atoms with Crippen LogP contribution in [-0.4, -0.2) is 11.9 Å². The van der Waals surface area contributed by atoms with Crippen LogP contribution in [0.15, 0.2) is 24.3 Å². The molecule has 1 amide bonds. The molecular weight excluding hydrogens is 224 g/mol. The van der Waals surface area contributed by atoms with E-state index in [9.17, 15) is 4.79 Å². The van der Waals surface area contributed by atoms with Crippen molar-refractivity contribution in [1.82, 2.24) is 0 Å². The zero-order valence-electron chi connectivity index (χ0n) is 11.4. The Kier molecular flexibility index (Phi) is 6.26. The van der Waals surface area contributed by atoms with Gasteiger partial charge < -0.3 is 11.1 Å².